The first-order valence-corrected chi connectivity index (χ1v) is 4.30. The van der Waals surface area contributed by atoms with E-state index in [1.54, 1.807) is 0 Å². The quantitative estimate of drug-likeness (QED) is 0.564. The lowest BCUT2D eigenvalue weighted by molar-refractivity contribution is 0.0600. The van der Waals surface area contributed by atoms with E-state index in [9.17, 15) is 9.18 Å². The van der Waals surface area contributed by atoms with Gasteiger partial charge in [0.15, 0.2) is 11.6 Å². The van der Waals surface area contributed by atoms with Crippen molar-refractivity contribution in [3.05, 3.63) is 42.2 Å². The second kappa shape index (κ2) is 5.14. The van der Waals surface area contributed by atoms with Gasteiger partial charge in [-0.25, -0.2) is 9.18 Å². The maximum atomic E-state index is 13.1. The molecule has 0 heterocycles. The maximum absolute atomic E-state index is 13.1. The number of carbonyl (C=O) groups excluding carboxylic acids is 1. The van der Waals surface area contributed by atoms with Crippen LogP contribution in [-0.2, 0) is 4.74 Å². The van der Waals surface area contributed by atoms with Crippen LogP contribution >= 0.6 is 0 Å². The van der Waals surface area contributed by atoms with Crippen molar-refractivity contribution in [3.63, 3.8) is 0 Å². The Kier molecular flexibility index (Phi) is 3.85. The highest BCUT2D eigenvalue weighted by Crippen LogP contribution is 2.19. The molecular formula is C11H11FO3. The van der Waals surface area contributed by atoms with Gasteiger partial charge >= 0.3 is 5.97 Å². The summed E-state index contributed by atoms with van der Waals surface area (Å²) in [6.45, 7) is 3.62. The Hall–Kier alpha value is -1.84. The number of ether oxygens (including phenoxy) is 2. The van der Waals surface area contributed by atoms with Crippen LogP contribution in [-0.4, -0.2) is 19.7 Å². The fraction of sp³-hybridized carbons (Fsp3) is 0.182. The number of hydrogen-bond acceptors (Lipinski definition) is 3. The molecule has 0 saturated carbocycles. The molecule has 0 atom stereocenters. The van der Waals surface area contributed by atoms with Crippen LogP contribution in [0.1, 0.15) is 10.4 Å². The Bertz CT molecular complexity index is 374. The number of carbonyl (C=O) groups is 1. The van der Waals surface area contributed by atoms with Gasteiger partial charge in [0.25, 0.3) is 0 Å². The number of hydrogen-bond donors (Lipinski definition) is 0. The molecule has 1 aromatic rings. The van der Waals surface area contributed by atoms with Gasteiger partial charge < -0.3 is 9.47 Å². The third-order valence-corrected chi connectivity index (χ3v) is 1.71. The topological polar surface area (TPSA) is 35.5 Å². The van der Waals surface area contributed by atoms with Crippen molar-refractivity contribution >= 4 is 5.97 Å². The summed E-state index contributed by atoms with van der Waals surface area (Å²) in [5, 5.41) is 0. The fourth-order valence-corrected chi connectivity index (χ4v) is 1.01. The van der Waals surface area contributed by atoms with Gasteiger partial charge in [0, 0.05) is 0 Å². The lowest BCUT2D eigenvalue weighted by atomic mass is 10.2. The molecule has 80 valence electrons. The molecule has 0 aliphatic carbocycles. The van der Waals surface area contributed by atoms with Crippen LogP contribution in [0, 0.1) is 5.82 Å². The molecule has 0 aliphatic heterocycles. The van der Waals surface area contributed by atoms with E-state index >= 15 is 0 Å². The van der Waals surface area contributed by atoms with Gasteiger partial charge in [-0.1, -0.05) is 12.7 Å². The summed E-state index contributed by atoms with van der Waals surface area (Å²) in [4.78, 5) is 11.1. The molecule has 4 heteroatoms. The molecule has 0 bridgehead atoms. The highest BCUT2D eigenvalue weighted by Gasteiger charge is 2.10. The minimum absolute atomic E-state index is 0.0119. The fourth-order valence-electron chi connectivity index (χ4n) is 1.01. The summed E-state index contributed by atoms with van der Waals surface area (Å²) in [6.07, 6.45) is 1.49. The summed E-state index contributed by atoms with van der Waals surface area (Å²) >= 11 is 0. The highest BCUT2D eigenvalue weighted by atomic mass is 19.1. The monoisotopic (exact) mass is 210 g/mol. The molecule has 0 aromatic heterocycles. The molecule has 1 aromatic carbocycles. The van der Waals surface area contributed by atoms with Crippen molar-refractivity contribution in [1.29, 1.82) is 0 Å². The molecule has 0 fully saturated rings. The first-order chi connectivity index (χ1) is 7.19. The summed E-state index contributed by atoms with van der Waals surface area (Å²) in [7, 11) is 1.26. The number of benzene rings is 1. The largest absolute Gasteiger partial charge is 0.486 e. The molecule has 0 amide bonds. The Labute approximate surface area is 87.1 Å². The molecule has 0 unspecified atom stereocenters. The van der Waals surface area contributed by atoms with Gasteiger partial charge in [-0.2, -0.15) is 0 Å². The summed E-state index contributed by atoms with van der Waals surface area (Å²) < 4.78 is 22.7. The average molecular weight is 210 g/mol. The molecule has 1 rings (SSSR count). The third-order valence-electron chi connectivity index (χ3n) is 1.71. The number of rotatable bonds is 4. The van der Waals surface area contributed by atoms with E-state index in [1.807, 2.05) is 0 Å². The summed E-state index contributed by atoms with van der Waals surface area (Å²) in [6, 6.07) is 3.79. The SMILES string of the molecule is C=CCOc1cc(C(=O)OC)ccc1F. The van der Waals surface area contributed by atoms with Crippen LogP contribution in [0.2, 0.25) is 0 Å². The second-order valence-electron chi connectivity index (χ2n) is 2.74. The van der Waals surface area contributed by atoms with E-state index in [0.29, 0.717) is 0 Å². The van der Waals surface area contributed by atoms with Crippen molar-refractivity contribution in [2.75, 3.05) is 13.7 Å². The van der Waals surface area contributed by atoms with Gasteiger partial charge in [0.2, 0.25) is 0 Å². The van der Waals surface area contributed by atoms with Gasteiger partial charge in [-0.3, -0.25) is 0 Å². The van der Waals surface area contributed by atoms with Crippen LogP contribution in [0.25, 0.3) is 0 Å². The minimum atomic E-state index is -0.529. The first-order valence-electron chi connectivity index (χ1n) is 4.30. The van der Waals surface area contributed by atoms with Crippen LogP contribution in [0.4, 0.5) is 4.39 Å². The number of methoxy groups -OCH3 is 1. The van der Waals surface area contributed by atoms with Crippen LogP contribution in [0.15, 0.2) is 30.9 Å². The van der Waals surface area contributed by atoms with E-state index in [-0.39, 0.29) is 17.9 Å². The molecule has 3 nitrogen and oxygen atoms in total. The smallest absolute Gasteiger partial charge is 0.337 e. The normalized spacial score (nSPS) is 9.47. The van der Waals surface area contributed by atoms with Crippen LogP contribution in [0.5, 0.6) is 5.75 Å². The van der Waals surface area contributed by atoms with Gasteiger partial charge in [0.1, 0.15) is 6.61 Å². The van der Waals surface area contributed by atoms with Crippen molar-refractivity contribution in [2.24, 2.45) is 0 Å². The van der Waals surface area contributed by atoms with E-state index in [0.717, 1.165) is 6.07 Å². The first kappa shape index (κ1) is 11.2. The average Bonchev–Trinajstić information content (AvgIpc) is 2.27. The zero-order valence-corrected chi connectivity index (χ0v) is 8.33. The van der Waals surface area contributed by atoms with Crippen molar-refractivity contribution in [3.8, 4) is 5.75 Å². The number of halogens is 1. The lowest BCUT2D eigenvalue weighted by Gasteiger charge is -2.06. The predicted molar refractivity (Wildman–Crippen MR) is 53.4 cm³/mol. The molecular weight excluding hydrogens is 199 g/mol. The van der Waals surface area contributed by atoms with Gasteiger partial charge in [-0.15, -0.1) is 0 Å². The van der Waals surface area contributed by atoms with Crippen molar-refractivity contribution in [2.45, 2.75) is 0 Å². The molecule has 0 N–H and O–H groups in total. The minimum Gasteiger partial charge on any atom is -0.486 e. The summed E-state index contributed by atoms with van der Waals surface area (Å²) in [5.41, 5.74) is 0.248. The Morgan fingerprint density at radius 2 is 2.33 bits per heavy atom. The zero-order chi connectivity index (χ0) is 11.3. The molecule has 0 radical (unpaired) electrons. The Morgan fingerprint density at radius 3 is 2.93 bits per heavy atom. The van der Waals surface area contributed by atoms with Crippen LogP contribution in [0.3, 0.4) is 0 Å². The standard InChI is InChI=1S/C11H11FO3/c1-3-6-15-10-7-8(11(13)14-2)4-5-9(10)12/h3-5,7H,1,6H2,2H3. The lowest BCUT2D eigenvalue weighted by Crippen LogP contribution is -2.03. The Morgan fingerprint density at radius 1 is 1.60 bits per heavy atom. The van der Waals surface area contributed by atoms with Crippen LogP contribution < -0.4 is 4.74 Å². The van der Waals surface area contributed by atoms with Gasteiger partial charge in [0.05, 0.1) is 12.7 Å². The van der Waals surface area contributed by atoms with E-state index in [1.165, 1.54) is 25.3 Å². The molecule has 0 saturated heterocycles. The third kappa shape index (κ3) is 2.80. The summed E-state index contributed by atoms with van der Waals surface area (Å²) in [5.74, 6) is -1.04. The van der Waals surface area contributed by atoms with Gasteiger partial charge in [-0.05, 0) is 18.2 Å². The van der Waals surface area contributed by atoms with E-state index < -0.39 is 11.8 Å². The molecule has 0 spiro atoms. The van der Waals surface area contributed by atoms with Crippen molar-refractivity contribution < 1.29 is 18.7 Å². The molecule has 0 aliphatic rings. The predicted octanol–water partition coefficient (Wildman–Crippen LogP) is 2.18. The second-order valence-corrected chi connectivity index (χ2v) is 2.74. The highest BCUT2D eigenvalue weighted by molar-refractivity contribution is 5.89. The van der Waals surface area contributed by atoms with E-state index in [4.69, 9.17) is 4.74 Å². The zero-order valence-electron chi connectivity index (χ0n) is 8.33. The Balaban J connectivity index is 2.94. The maximum Gasteiger partial charge on any atom is 0.337 e. The number of esters is 1. The van der Waals surface area contributed by atoms with Crippen molar-refractivity contribution in [1.82, 2.24) is 0 Å². The molecule has 15 heavy (non-hydrogen) atoms. The van der Waals surface area contributed by atoms with E-state index in [2.05, 4.69) is 11.3 Å².